The van der Waals surface area contributed by atoms with Crippen LogP contribution in [0.3, 0.4) is 0 Å². The van der Waals surface area contributed by atoms with E-state index in [0.29, 0.717) is 42.4 Å². The molecule has 2 aliphatic heterocycles. The SMILES string of the molecule is NC1CC2(C1)CC1(CC(NCc3cccc4c3C(=O)N(C3CCC(=O)NC3=O)C4)C1)C2. The summed E-state index contributed by atoms with van der Waals surface area (Å²) >= 11 is 0. The lowest BCUT2D eigenvalue weighted by Gasteiger charge is -2.68. The van der Waals surface area contributed by atoms with Gasteiger partial charge >= 0.3 is 0 Å². The Bertz CT molecular complexity index is 967. The van der Waals surface area contributed by atoms with Crippen LogP contribution in [0.1, 0.15) is 72.9 Å². The Balaban J connectivity index is 1.08. The van der Waals surface area contributed by atoms with Crippen LogP contribution in [0.25, 0.3) is 0 Å². The predicted molar refractivity (Wildman–Crippen MR) is 114 cm³/mol. The monoisotopic (exact) mass is 422 g/mol. The Morgan fingerprint density at radius 1 is 1.10 bits per heavy atom. The maximum atomic E-state index is 13.2. The van der Waals surface area contributed by atoms with Gasteiger partial charge in [0, 0.05) is 37.2 Å². The molecule has 31 heavy (non-hydrogen) atoms. The van der Waals surface area contributed by atoms with Crippen LogP contribution in [-0.4, -0.2) is 40.7 Å². The van der Waals surface area contributed by atoms with Crippen molar-refractivity contribution in [3.8, 4) is 0 Å². The highest BCUT2D eigenvalue weighted by atomic mass is 16.2. The molecule has 0 aromatic heterocycles. The normalized spacial score (nSPS) is 38.5. The summed E-state index contributed by atoms with van der Waals surface area (Å²) in [4.78, 5) is 38.6. The van der Waals surface area contributed by atoms with E-state index >= 15 is 0 Å². The van der Waals surface area contributed by atoms with Gasteiger partial charge in [0.1, 0.15) is 6.04 Å². The Kier molecular flexibility index (Phi) is 4.15. The topological polar surface area (TPSA) is 105 Å². The molecule has 1 aromatic rings. The highest BCUT2D eigenvalue weighted by Crippen LogP contribution is 2.70. The van der Waals surface area contributed by atoms with Crippen molar-refractivity contribution in [3.05, 3.63) is 34.9 Å². The van der Waals surface area contributed by atoms with E-state index in [4.69, 9.17) is 5.73 Å². The summed E-state index contributed by atoms with van der Waals surface area (Å²) in [7, 11) is 0. The van der Waals surface area contributed by atoms with Gasteiger partial charge in [0.25, 0.3) is 5.91 Å². The van der Waals surface area contributed by atoms with Gasteiger partial charge in [-0.15, -0.1) is 0 Å². The second kappa shape index (κ2) is 6.62. The van der Waals surface area contributed by atoms with Crippen molar-refractivity contribution >= 4 is 17.7 Å². The molecular formula is C24H30N4O3. The van der Waals surface area contributed by atoms with E-state index in [1.807, 2.05) is 18.2 Å². The van der Waals surface area contributed by atoms with Crippen LogP contribution in [0.4, 0.5) is 0 Å². The largest absolute Gasteiger partial charge is 0.328 e. The number of fused-ring (bicyclic) bond motifs is 1. The summed E-state index contributed by atoms with van der Waals surface area (Å²) in [6.45, 7) is 1.11. The summed E-state index contributed by atoms with van der Waals surface area (Å²) < 4.78 is 0. The van der Waals surface area contributed by atoms with E-state index in [-0.39, 0.29) is 24.1 Å². The van der Waals surface area contributed by atoms with Crippen LogP contribution in [0.5, 0.6) is 0 Å². The second-order valence-electron chi connectivity index (χ2n) is 10.9. The Morgan fingerprint density at radius 2 is 1.84 bits per heavy atom. The summed E-state index contributed by atoms with van der Waals surface area (Å²) in [6, 6.07) is 6.37. The summed E-state index contributed by atoms with van der Waals surface area (Å²) in [5.41, 5.74) is 9.84. The highest BCUT2D eigenvalue weighted by Gasteiger charge is 2.63. The average molecular weight is 423 g/mol. The van der Waals surface area contributed by atoms with Gasteiger partial charge in [0.15, 0.2) is 0 Å². The highest BCUT2D eigenvalue weighted by molar-refractivity contribution is 6.05. The van der Waals surface area contributed by atoms with Crippen LogP contribution in [0.15, 0.2) is 18.2 Å². The van der Waals surface area contributed by atoms with E-state index in [2.05, 4.69) is 10.6 Å². The molecule has 6 rings (SSSR count). The third kappa shape index (κ3) is 3.04. The van der Waals surface area contributed by atoms with Gasteiger partial charge in [0.05, 0.1) is 0 Å². The van der Waals surface area contributed by atoms with E-state index in [9.17, 15) is 14.4 Å². The molecule has 1 atom stereocenters. The number of imide groups is 1. The first-order valence-electron chi connectivity index (χ1n) is 11.6. The molecule has 2 spiro atoms. The zero-order valence-corrected chi connectivity index (χ0v) is 17.8. The minimum Gasteiger partial charge on any atom is -0.328 e. The maximum Gasteiger partial charge on any atom is 0.255 e. The first-order valence-corrected chi connectivity index (χ1v) is 11.6. The lowest BCUT2D eigenvalue weighted by Crippen LogP contribution is -2.64. The molecule has 2 heterocycles. The maximum absolute atomic E-state index is 13.2. The number of rotatable bonds is 4. The number of piperidine rings is 1. The second-order valence-corrected chi connectivity index (χ2v) is 10.9. The first kappa shape index (κ1) is 19.4. The number of hydrogen-bond acceptors (Lipinski definition) is 5. The van der Waals surface area contributed by atoms with Crippen LogP contribution in [0, 0.1) is 10.8 Å². The molecule has 7 nitrogen and oxygen atoms in total. The summed E-state index contributed by atoms with van der Waals surface area (Å²) in [5, 5.41) is 6.04. The third-order valence-electron chi connectivity index (χ3n) is 8.47. The average Bonchev–Trinajstić information content (AvgIpc) is 2.98. The number of benzene rings is 1. The van der Waals surface area contributed by atoms with E-state index in [1.54, 1.807) is 4.90 Å². The zero-order chi connectivity index (χ0) is 21.4. The smallest absolute Gasteiger partial charge is 0.255 e. The molecule has 3 aliphatic carbocycles. The summed E-state index contributed by atoms with van der Waals surface area (Å²) in [6.07, 6.45) is 8.28. The molecule has 0 radical (unpaired) electrons. The van der Waals surface area contributed by atoms with Crippen LogP contribution in [-0.2, 0) is 22.7 Å². The van der Waals surface area contributed by atoms with Crippen molar-refractivity contribution in [2.24, 2.45) is 16.6 Å². The first-order chi connectivity index (χ1) is 14.9. The van der Waals surface area contributed by atoms with Gasteiger partial charge in [-0.05, 0) is 66.9 Å². The van der Waals surface area contributed by atoms with Gasteiger partial charge in [-0.1, -0.05) is 18.2 Å². The lowest BCUT2D eigenvalue weighted by molar-refractivity contribution is -0.157. The van der Waals surface area contributed by atoms with Crippen molar-refractivity contribution in [1.82, 2.24) is 15.5 Å². The number of amides is 3. The molecule has 3 amide bonds. The zero-order valence-electron chi connectivity index (χ0n) is 17.8. The molecule has 4 fully saturated rings. The van der Waals surface area contributed by atoms with E-state index in [1.165, 1.54) is 38.5 Å². The van der Waals surface area contributed by atoms with E-state index < -0.39 is 6.04 Å². The van der Waals surface area contributed by atoms with Crippen molar-refractivity contribution < 1.29 is 14.4 Å². The van der Waals surface area contributed by atoms with Gasteiger partial charge in [-0.2, -0.15) is 0 Å². The molecule has 164 valence electrons. The molecular weight excluding hydrogens is 392 g/mol. The Hall–Kier alpha value is -2.25. The van der Waals surface area contributed by atoms with Crippen LogP contribution in [0.2, 0.25) is 0 Å². The molecule has 0 bridgehead atoms. The molecule has 1 aromatic carbocycles. The predicted octanol–water partition coefficient (Wildman–Crippen LogP) is 1.59. The van der Waals surface area contributed by atoms with Gasteiger partial charge < -0.3 is 16.0 Å². The summed E-state index contributed by atoms with van der Waals surface area (Å²) in [5.74, 6) is -0.706. The fourth-order valence-electron chi connectivity index (χ4n) is 7.39. The number of carbonyl (C=O) groups excluding carboxylic acids is 3. The van der Waals surface area contributed by atoms with E-state index in [0.717, 1.165) is 16.7 Å². The number of hydrogen-bond donors (Lipinski definition) is 3. The number of nitrogens with two attached hydrogens (primary N) is 1. The Morgan fingerprint density at radius 3 is 2.55 bits per heavy atom. The number of nitrogens with zero attached hydrogens (tertiary/aromatic N) is 1. The minimum atomic E-state index is -0.560. The van der Waals surface area contributed by atoms with Crippen LogP contribution >= 0.6 is 0 Å². The number of carbonyl (C=O) groups is 3. The molecule has 5 aliphatic rings. The molecule has 4 N–H and O–H groups in total. The van der Waals surface area contributed by atoms with Gasteiger partial charge in [-0.25, -0.2) is 0 Å². The standard InChI is InChI=1S/C24H30N4O3/c25-16-6-23(7-16)12-24(13-23)8-17(9-24)26-10-14-2-1-3-15-11-28(22(31)20(14)15)18-4-5-19(29)27-21(18)30/h1-3,16-18,26H,4-13,25H2,(H,27,29,30). The van der Waals surface area contributed by atoms with Gasteiger partial charge in [-0.3, -0.25) is 19.7 Å². The number of nitrogens with one attached hydrogen (secondary N) is 2. The molecule has 1 saturated heterocycles. The minimum absolute atomic E-state index is 0.0887. The van der Waals surface area contributed by atoms with Crippen molar-refractivity contribution in [3.63, 3.8) is 0 Å². The molecule has 7 heteroatoms. The van der Waals surface area contributed by atoms with Crippen molar-refractivity contribution in [2.75, 3.05) is 0 Å². The van der Waals surface area contributed by atoms with Crippen molar-refractivity contribution in [1.29, 1.82) is 0 Å². The Labute approximate surface area is 182 Å². The fourth-order valence-corrected chi connectivity index (χ4v) is 7.39. The quantitative estimate of drug-likeness (QED) is 0.639. The lowest BCUT2D eigenvalue weighted by atomic mass is 9.38. The molecule has 3 saturated carbocycles. The third-order valence-corrected chi connectivity index (χ3v) is 8.47. The molecule has 1 unspecified atom stereocenters. The van der Waals surface area contributed by atoms with Crippen molar-refractivity contribution in [2.45, 2.75) is 82.6 Å². The van der Waals surface area contributed by atoms with Crippen LogP contribution < -0.4 is 16.4 Å². The fraction of sp³-hybridized carbons (Fsp3) is 0.625. The van der Waals surface area contributed by atoms with Gasteiger partial charge in [0.2, 0.25) is 11.8 Å².